The summed E-state index contributed by atoms with van der Waals surface area (Å²) in [6.45, 7) is 7.08. The van der Waals surface area contributed by atoms with Crippen molar-refractivity contribution in [2.24, 2.45) is 0 Å². The van der Waals surface area contributed by atoms with E-state index in [-0.39, 0.29) is 50.1 Å². The summed E-state index contributed by atoms with van der Waals surface area (Å²) in [5, 5.41) is 20.5. The molecule has 1 radical (unpaired) electrons. The summed E-state index contributed by atoms with van der Waals surface area (Å²) in [5.41, 5.74) is 2.18. The first-order chi connectivity index (χ1) is 10.5. The molecule has 9 heteroatoms. The Labute approximate surface area is 167 Å². The molecule has 8 nitrogen and oxygen atoms in total. The number of benzene rings is 2. The van der Waals surface area contributed by atoms with Crippen molar-refractivity contribution in [1.82, 2.24) is 0 Å². The van der Waals surface area contributed by atoms with Crippen LogP contribution in [0.25, 0.3) is 12.2 Å². The number of carboxylic acid groups (broad SMARTS) is 2. The van der Waals surface area contributed by atoms with E-state index in [2.05, 4.69) is 13.2 Å². The molecule has 0 atom stereocenters. The second-order valence-corrected chi connectivity index (χ2v) is 4.23. The van der Waals surface area contributed by atoms with E-state index in [1.807, 2.05) is 0 Å². The molecule has 27 heavy (non-hydrogen) atoms. The van der Waals surface area contributed by atoms with Gasteiger partial charge in [-0.15, -0.1) is 0 Å². The van der Waals surface area contributed by atoms with Crippen LogP contribution >= 0.6 is 0 Å². The molecule has 0 aliphatic heterocycles. The molecule has 0 spiro atoms. The summed E-state index contributed by atoms with van der Waals surface area (Å²) in [7, 11) is 0. The smallest absolute Gasteiger partial charge is 0.545 e. The summed E-state index contributed by atoms with van der Waals surface area (Å²) in [6, 6.07) is 12.7. The molecule has 2 aromatic carbocycles. The van der Waals surface area contributed by atoms with Crippen molar-refractivity contribution in [3.8, 4) is 0 Å². The molecule has 2 aromatic rings. The molecule has 0 bridgehead atoms. The quantitative estimate of drug-likeness (QED) is 0.517. The van der Waals surface area contributed by atoms with Crippen LogP contribution in [0.4, 0.5) is 0 Å². The van der Waals surface area contributed by atoms with Gasteiger partial charge in [0.15, 0.2) is 0 Å². The zero-order valence-electron chi connectivity index (χ0n) is 14.2. The molecule has 0 fully saturated rings. The van der Waals surface area contributed by atoms with Crippen molar-refractivity contribution < 1.29 is 58.8 Å². The van der Waals surface area contributed by atoms with Crippen molar-refractivity contribution in [1.29, 1.82) is 0 Å². The number of carbonyl (C=O) groups excluding carboxylic acids is 2. The van der Waals surface area contributed by atoms with Gasteiger partial charge in [0.2, 0.25) is 0 Å². The Bertz CT molecular complexity index is 620. The Balaban J connectivity index is -0.000000101. The SMILES string of the molecule is C=Cc1ccc(C(=O)[O-])cc1.C=Cc1ccc(C(=O)[O-])cc1.O.O.O.O.[Mn+2]. The predicted octanol–water partition coefficient (Wildman–Crippen LogP) is -1.92. The number of hydrogen-bond donors (Lipinski definition) is 0. The Morgan fingerprint density at radius 1 is 0.630 bits per heavy atom. The first-order valence-electron chi connectivity index (χ1n) is 6.35. The van der Waals surface area contributed by atoms with Crippen LogP contribution in [-0.2, 0) is 17.1 Å². The van der Waals surface area contributed by atoms with E-state index in [1.54, 1.807) is 36.4 Å². The molecular formula is C18H22MnO8. The summed E-state index contributed by atoms with van der Waals surface area (Å²) in [5.74, 6) is -2.30. The number of carboxylic acids is 2. The van der Waals surface area contributed by atoms with Crippen LogP contribution in [0.1, 0.15) is 31.8 Å². The van der Waals surface area contributed by atoms with Crippen LogP contribution in [0.5, 0.6) is 0 Å². The van der Waals surface area contributed by atoms with Crippen molar-refractivity contribution in [2.75, 3.05) is 0 Å². The van der Waals surface area contributed by atoms with Gasteiger partial charge in [-0.1, -0.05) is 73.8 Å². The van der Waals surface area contributed by atoms with Crippen molar-refractivity contribution in [3.63, 3.8) is 0 Å². The molecule has 0 aromatic heterocycles. The molecule has 149 valence electrons. The van der Waals surface area contributed by atoms with E-state index in [0.717, 1.165) is 11.1 Å². The topological polar surface area (TPSA) is 206 Å². The zero-order chi connectivity index (χ0) is 16.5. The Hall–Kier alpha value is -2.78. The molecule has 2 rings (SSSR count). The standard InChI is InChI=1S/2C9H8O2.Mn.4H2O/c2*1-2-7-3-5-8(6-4-7)9(10)11;;;;;/h2*2-6H,1H2,(H,10,11);;4*1H2/q;;+2;;;;/p-2. The fraction of sp³-hybridized carbons (Fsp3) is 0. The third-order valence-corrected chi connectivity index (χ3v) is 2.76. The van der Waals surface area contributed by atoms with E-state index in [9.17, 15) is 19.8 Å². The first kappa shape index (κ1) is 35.3. The fourth-order valence-electron chi connectivity index (χ4n) is 1.51. The number of aromatic carboxylic acids is 2. The van der Waals surface area contributed by atoms with Gasteiger partial charge in [0.1, 0.15) is 0 Å². The van der Waals surface area contributed by atoms with Gasteiger partial charge in [-0.05, 0) is 22.3 Å². The minimum absolute atomic E-state index is 0. The van der Waals surface area contributed by atoms with Crippen LogP contribution in [0.3, 0.4) is 0 Å². The van der Waals surface area contributed by atoms with Crippen LogP contribution in [0.15, 0.2) is 61.7 Å². The fourth-order valence-corrected chi connectivity index (χ4v) is 1.51. The summed E-state index contributed by atoms with van der Waals surface area (Å²) >= 11 is 0. The van der Waals surface area contributed by atoms with Gasteiger partial charge in [0.25, 0.3) is 0 Å². The van der Waals surface area contributed by atoms with E-state index in [0.29, 0.717) is 0 Å². The molecule has 0 saturated heterocycles. The second kappa shape index (κ2) is 18.0. The molecular weight excluding hydrogens is 399 g/mol. The van der Waals surface area contributed by atoms with E-state index in [1.165, 1.54) is 24.3 Å². The Morgan fingerprint density at radius 2 is 0.852 bits per heavy atom. The first-order valence-corrected chi connectivity index (χ1v) is 6.35. The van der Waals surface area contributed by atoms with E-state index < -0.39 is 11.9 Å². The van der Waals surface area contributed by atoms with Crippen LogP contribution < -0.4 is 10.2 Å². The van der Waals surface area contributed by atoms with Crippen molar-refractivity contribution in [2.45, 2.75) is 0 Å². The van der Waals surface area contributed by atoms with Gasteiger partial charge in [-0.3, -0.25) is 0 Å². The number of carbonyl (C=O) groups is 2. The monoisotopic (exact) mass is 421 g/mol. The van der Waals surface area contributed by atoms with Gasteiger partial charge >= 0.3 is 17.1 Å². The van der Waals surface area contributed by atoms with Crippen LogP contribution in [0, 0.1) is 0 Å². The average Bonchev–Trinajstić information content (AvgIpc) is 2.55. The van der Waals surface area contributed by atoms with Crippen LogP contribution in [-0.4, -0.2) is 33.8 Å². The van der Waals surface area contributed by atoms with Gasteiger partial charge in [-0.25, -0.2) is 0 Å². The zero-order valence-corrected chi connectivity index (χ0v) is 15.4. The average molecular weight is 421 g/mol. The van der Waals surface area contributed by atoms with Gasteiger partial charge in [-0.2, -0.15) is 0 Å². The van der Waals surface area contributed by atoms with Crippen molar-refractivity contribution >= 4 is 24.1 Å². The number of rotatable bonds is 4. The molecule has 0 aliphatic carbocycles. The maximum Gasteiger partial charge on any atom is 2.00 e. The summed E-state index contributed by atoms with van der Waals surface area (Å²) in [6.07, 6.45) is 3.30. The van der Waals surface area contributed by atoms with Gasteiger partial charge in [0, 0.05) is 0 Å². The summed E-state index contributed by atoms with van der Waals surface area (Å²) in [4.78, 5) is 20.5. The van der Waals surface area contributed by atoms with E-state index in [4.69, 9.17) is 0 Å². The number of hydrogen-bond acceptors (Lipinski definition) is 4. The molecule has 8 N–H and O–H groups in total. The maximum atomic E-state index is 10.3. The van der Waals surface area contributed by atoms with Crippen molar-refractivity contribution in [3.05, 3.63) is 83.9 Å². The normalized spacial score (nSPS) is 7.41. The molecule has 0 heterocycles. The van der Waals surface area contributed by atoms with Gasteiger partial charge < -0.3 is 41.7 Å². The molecule has 0 aliphatic rings. The molecule has 0 unspecified atom stereocenters. The largest absolute Gasteiger partial charge is 2.00 e. The molecule has 0 amide bonds. The third kappa shape index (κ3) is 12.2. The minimum atomic E-state index is -1.15. The Kier molecular flexibility index (Phi) is 23.6. The molecule has 0 saturated carbocycles. The second-order valence-electron chi connectivity index (χ2n) is 4.23. The minimum Gasteiger partial charge on any atom is -0.545 e. The third-order valence-electron chi connectivity index (χ3n) is 2.76. The van der Waals surface area contributed by atoms with Gasteiger partial charge in [0.05, 0.1) is 11.9 Å². The maximum absolute atomic E-state index is 10.3. The van der Waals surface area contributed by atoms with Crippen LogP contribution in [0.2, 0.25) is 0 Å². The van der Waals surface area contributed by atoms with E-state index >= 15 is 0 Å². The summed E-state index contributed by atoms with van der Waals surface area (Å²) < 4.78 is 0. The Morgan fingerprint density at radius 3 is 1.00 bits per heavy atom. The predicted molar refractivity (Wildman–Crippen MR) is 96.2 cm³/mol.